The third-order valence-electron chi connectivity index (χ3n) is 2.87. The Labute approximate surface area is 113 Å². The van der Waals surface area contributed by atoms with Crippen molar-refractivity contribution in [3.05, 3.63) is 53.3 Å². The maximum absolute atomic E-state index is 5.47. The number of halogens is 1. The van der Waals surface area contributed by atoms with Crippen molar-refractivity contribution in [1.29, 1.82) is 0 Å². The molecule has 1 aromatic carbocycles. The highest BCUT2D eigenvalue weighted by Gasteiger charge is 2.14. The molecule has 18 heavy (non-hydrogen) atoms. The predicted molar refractivity (Wildman–Crippen MR) is 74.0 cm³/mol. The number of furan rings is 1. The highest BCUT2D eigenvalue weighted by atomic mass is 79.9. The van der Waals surface area contributed by atoms with Crippen LogP contribution in [0.3, 0.4) is 0 Å². The molecule has 0 bridgehead atoms. The van der Waals surface area contributed by atoms with E-state index >= 15 is 0 Å². The average molecular weight is 303 g/mol. The van der Waals surface area contributed by atoms with Crippen molar-refractivity contribution >= 4 is 15.9 Å². The molecule has 0 aliphatic rings. The molecule has 0 atom stereocenters. The molecule has 0 aliphatic heterocycles. The van der Waals surface area contributed by atoms with Crippen LogP contribution in [-0.2, 0) is 7.05 Å². The van der Waals surface area contributed by atoms with Gasteiger partial charge in [0.2, 0.25) is 0 Å². The molecule has 3 rings (SSSR count). The van der Waals surface area contributed by atoms with E-state index in [1.165, 1.54) is 0 Å². The average Bonchev–Trinajstić information content (AvgIpc) is 2.96. The summed E-state index contributed by atoms with van der Waals surface area (Å²) in [7, 11) is 1.99. The lowest BCUT2D eigenvalue weighted by Gasteiger charge is -2.04. The van der Waals surface area contributed by atoms with E-state index in [4.69, 9.17) is 4.42 Å². The first-order valence-electron chi connectivity index (χ1n) is 5.58. The molecule has 0 unspecified atom stereocenters. The minimum Gasteiger partial charge on any atom is -0.462 e. The fourth-order valence-electron chi connectivity index (χ4n) is 1.95. The lowest BCUT2D eigenvalue weighted by atomic mass is 10.2. The molecule has 0 aliphatic carbocycles. The number of hydrogen-bond donors (Lipinski definition) is 0. The normalized spacial score (nSPS) is 10.8. The van der Waals surface area contributed by atoms with Crippen molar-refractivity contribution < 1.29 is 4.42 Å². The molecule has 0 N–H and O–H groups in total. The van der Waals surface area contributed by atoms with Crippen LogP contribution >= 0.6 is 15.9 Å². The van der Waals surface area contributed by atoms with E-state index < -0.39 is 0 Å². The van der Waals surface area contributed by atoms with Crippen LogP contribution in [0.25, 0.3) is 22.8 Å². The van der Waals surface area contributed by atoms with Gasteiger partial charge < -0.3 is 8.98 Å². The second-order valence-electron chi connectivity index (χ2n) is 3.99. The number of aromatic nitrogens is 2. The SMILES string of the molecule is Cn1c(-c2occc2Br)cnc1-c1ccccc1. The Bertz CT molecular complexity index is 670. The van der Waals surface area contributed by atoms with Gasteiger partial charge in [0.25, 0.3) is 0 Å². The summed E-state index contributed by atoms with van der Waals surface area (Å²) in [5, 5.41) is 0. The van der Waals surface area contributed by atoms with Crippen LogP contribution in [0.15, 0.2) is 57.7 Å². The van der Waals surface area contributed by atoms with Crippen LogP contribution in [0.2, 0.25) is 0 Å². The van der Waals surface area contributed by atoms with Crippen molar-refractivity contribution in [2.75, 3.05) is 0 Å². The smallest absolute Gasteiger partial charge is 0.166 e. The van der Waals surface area contributed by atoms with E-state index in [0.717, 1.165) is 27.3 Å². The van der Waals surface area contributed by atoms with Gasteiger partial charge in [-0.3, -0.25) is 0 Å². The van der Waals surface area contributed by atoms with E-state index in [0.29, 0.717) is 0 Å². The molecule has 0 fully saturated rings. The monoisotopic (exact) mass is 302 g/mol. The fraction of sp³-hybridized carbons (Fsp3) is 0.0714. The Hall–Kier alpha value is -1.81. The van der Waals surface area contributed by atoms with Gasteiger partial charge in [-0.25, -0.2) is 4.98 Å². The molecule has 0 saturated heterocycles. The number of nitrogens with zero attached hydrogens (tertiary/aromatic N) is 2. The molecule has 0 saturated carbocycles. The van der Waals surface area contributed by atoms with Gasteiger partial charge in [-0.2, -0.15) is 0 Å². The Morgan fingerprint density at radius 2 is 1.94 bits per heavy atom. The Morgan fingerprint density at radius 1 is 1.17 bits per heavy atom. The summed E-state index contributed by atoms with van der Waals surface area (Å²) in [6.45, 7) is 0. The van der Waals surface area contributed by atoms with Crippen molar-refractivity contribution in [2.24, 2.45) is 7.05 Å². The van der Waals surface area contributed by atoms with Gasteiger partial charge in [0, 0.05) is 12.6 Å². The van der Waals surface area contributed by atoms with Gasteiger partial charge in [-0.05, 0) is 22.0 Å². The minimum atomic E-state index is 0.798. The third-order valence-corrected chi connectivity index (χ3v) is 3.49. The lowest BCUT2D eigenvalue weighted by Crippen LogP contribution is -1.94. The van der Waals surface area contributed by atoms with E-state index in [1.807, 2.05) is 54.2 Å². The topological polar surface area (TPSA) is 31.0 Å². The first-order valence-corrected chi connectivity index (χ1v) is 6.37. The first-order chi connectivity index (χ1) is 8.77. The Balaban J connectivity index is 2.12. The van der Waals surface area contributed by atoms with Gasteiger partial charge in [-0.15, -0.1) is 0 Å². The molecule has 2 heterocycles. The van der Waals surface area contributed by atoms with Gasteiger partial charge in [0.05, 0.1) is 16.9 Å². The first kappa shape index (κ1) is 11.3. The summed E-state index contributed by atoms with van der Waals surface area (Å²) >= 11 is 3.47. The van der Waals surface area contributed by atoms with Crippen LogP contribution in [0, 0.1) is 0 Å². The zero-order chi connectivity index (χ0) is 12.5. The standard InChI is InChI=1S/C14H11BrN2O/c1-17-12(13-11(15)7-8-18-13)9-16-14(17)10-5-3-2-4-6-10/h2-9H,1H3. The highest BCUT2D eigenvalue weighted by Crippen LogP contribution is 2.31. The largest absolute Gasteiger partial charge is 0.462 e. The van der Waals surface area contributed by atoms with Crippen LogP contribution in [0.5, 0.6) is 0 Å². The lowest BCUT2D eigenvalue weighted by molar-refractivity contribution is 0.576. The second kappa shape index (κ2) is 4.46. The maximum atomic E-state index is 5.47. The molecule has 3 nitrogen and oxygen atoms in total. The minimum absolute atomic E-state index is 0.798. The summed E-state index contributed by atoms with van der Waals surface area (Å²) in [5.41, 5.74) is 2.04. The fourth-order valence-corrected chi connectivity index (χ4v) is 2.36. The molecule has 0 spiro atoms. The van der Waals surface area contributed by atoms with Gasteiger partial charge in [-0.1, -0.05) is 30.3 Å². The summed E-state index contributed by atoms with van der Waals surface area (Å²) in [4.78, 5) is 4.47. The van der Waals surface area contributed by atoms with Crippen LogP contribution in [-0.4, -0.2) is 9.55 Å². The van der Waals surface area contributed by atoms with Crippen molar-refractivity contribution in [2.45, 2.75) is 0 Å². The maximum Gasteiger partial charge on any atom is 0.166 e. The van der Waals surface area contributed by atoms with Crippen LogP contribution < -0.4 is 0 Å². The molecular weight excluding hydrogens is 292 g/mol. The van der Waals surface area contributed by atoms with Crippen LogP contribution in [0.4, 0.5) is 0 Å². The molecule has 0 amide bonds. The predicted octanol–water partition coefficient (Wildman–Crippen LogP) is 4.11. The van der Waals surface area contributed by atoms with Crippen LogP contribution in [0.1, 0.15) is 0 Å². The summed E-state index contributed by atoms with van der Waals surface area (Å²) in [6, 6.07) is 12.0. The molecule has 0 radical (unpaired) electrons. The molecule has 90 valence electrons. The number of hydrogen-bond acceptors (Lipinski definition) is 2. The summed E-state index contributed by atoms with van der Waals surface area (Å²) < 4.78 is 8.43. The van der Waals surface area contributed by atoms with E-state index in [1.54, 1.807) is 6.26 Å². The highest BCUT2D eigenvalue weighted by molar-refractivity contribution is 9.10. The van der Waals surface area contributed by atoms with Gasteiger partial charge >= 0.3 is 0 Å². The molecular formula is C14H11BrN2O. The quantitative estimate of drug-likeness (QED) is 0.713. The van der Waals surface area contributed by atoms with Crippen molar-refractivity contribution in [3.8, 4) is 22.8 Å². The Kier molecular flexibility index (Phi) is 2.80. The molecule has 2 aromatic heterocycles. The number of imidazole rings is 1. The summed E-state index contributed by atoms with van der Waals surface area (Å²) in [6.07, 6.45) is 3.49. The van der Waals surface area contributed by atoms with Crippen molar-refractivity contribution in [3.63, 3.8) is 0 Å². The zero-order valence-electron chi connectivity index (χ0n) is 9.80. The van der Waals surface area contributed by atoms with Gasteiger partial charge in [0.1, 0.15) is 11.5 Å². The number of benzene rings is 1. The van der Waals surface area contributed by atoms with E-state index in [-0.39, 0.29) is 0 Å². The third kappa shape index (κ3) is 1.78. The van der Waals surface area contributed by atoms with Gasteiger partial charge in [0.15, 0.2) is 5.76 Å². The van der Waals surface area contributed by atoms with Crippen molar-refractivity contribution in [1.82, 2.24) is 9.55 Å². The Morgan fingerprint density at radius 3 is 2.61 bits per heavy atom. The van der Waals surface area contributed by atoms with E-state index in [9.17, 15) is 0 Å². The molecule has 3 aromatic rings. The second-order valence-corrected chi connectivity index (χ2v) is 4.84. The van der Waals surface area contributed by atoms with E-state index in [2.05, 4.69) is 20.9 Å². The molecule has 4 heteroatoms. The summed E-state index contributed by atoms with van der Waals surface area (Å²) in [5.74, 6) is 1.72. The zero-order valence-corrected chi connectivity index (χ0v) is 11.4. The number of rotatable bonds is 2.